The highest BCUT2D eigenvalue weighted by Crippen LogP contribution is 2.16. The van der Waals surface area contributed by atoms with Gasteiger partial charge in [0.1, 0.15) is 0 Å². The van der Waals surface area contributed by atoms with Crippen LogP contribution in [0, 0.1) is 0 Å². The predicted octanol–water partition coefficient (Wildman–Crippen LogP) is -0.188. The molecule has 1 aromatic heterocycles. The molecule has 0 aliphatic carbocycles. The second-order valence-electron chi connectivity index (χ2n) is 2.16. The van der Waals surface area contributed by atoms with Crippen molar-refractivity contribution in [1.29, 1.82) is 0 Å². The minimum atomic E-state index is -3.96. The summed E-state index contributed by atoms with van der Waals surface area (Å²) in [7, 11) is 1.01. The first-order valence-corrected chi connectivity index (χ1v) is 6.29. The molecule has 0 saturated carbocycles. The fraction of sp³-hybridized carbons (Fsp3) is 0.200. The van der Waals surface area contributed by atoms with Gasteiger partial charge in [-0.1, -0.05) is 11.3 Å². The van der Waals surface area contributed by atoms with Gasteiger partial charge in [0.25, 0.3) is 9.05 Å². The zero-order chi connectivity index (χ0) is 10.9. The second kappa shape index (κ2) is 3.71. The van der Waals surface area contributed by atoms with E-state index in [1.54, 1.807) is 0 Å². The number of hydrogen-bond acceptors (Lipinski definition) is 6. The van der Waals surface area contributed by atoms with Crippen LogP contribution in [0.15, 0.2) is 15.2 Å². The van der Waals surface area contributed by atoms with E-state index in [1.165, 1.54) is 0 Å². The van der Waals surface area contributed by atoms with Gasteiger partial charge in [-0.05, 0) is 0 Å². The van der Waals surface area contributed by atoms with Crippen LogP contribution in [0.25, 0.3) is 0 Å². The Hall–Kier alpha value is -0.860. The van der Waals surface area contributed by atoms with Crippen molar-refractivity contribution >= 4 is 37.0 Å². The van der Waals surface area contributed by atoms with Crippen LogP contribution in [0.4, 0.5) is 0 Å². The van der Waals surface area contributed by atoms with Gasteiger partial charge in [0, 0.05) is 17.6 Å². The van der Waals surface area contributed by atoms with E-state index < -0.39 is 19.9 Å². The Kier molecular flexibility index (Phi) is 2.98. The Morgan fingerprint density at radius 1 is 1.64 bits per heavy atom. The molecule has 1 aromatic rings. The molecule has 6 nitrogen and oxygen atoms in total. The van der Waals surface area contributed by atoms with Crippen molar-refractivity contribution in [2.75, 3.05) is 0 Å². The van der Waals surface area contributed by atoms with Crippen LogP contribution in [0.5, 0.6) is 0 Å². The molecule has 0 N–H and O–H groups in total. The SMILES string of the molecule is CC(=O)On1cc(S(=O)(=O)Cl)sc1=O. The number of rotatable bonds is 2. The normalized spacial score (nSPS) is 11.3. The van der Waals surface area contributed by atoms with Crippen LogP contribution in [-0.2, 0) is 13.8 Å². The number of halogens is 1. The average molecular weight is 258 g/mol. The van der Waals surface area contributed by atoms with E-state index in [2.05, 4.69) is 4.84 Å². The van der Waals surface area contributed by atoms with E-state index in [4.69, 9.17) is 10.7 Å². The molecule has 0 aliphatic rings. The van der Waals surface area contributed by atoms with Crippen molar-refractivity contribution in [3.05, 3.63) is 15.9 Å². The van der Waals surface area contributed by atoms with Crippen LogP contribution in [0.1, 0.15) is 6.92 Å². The summed E-state index contributed by atoms with van der Waals surface area (Å²) in [6.07, 6.45) is 0.844. The molecular formula is C5H4ClNO5S2. The summed E-state index contributed by atoms with van der Waals surface area (Å²) in [6, 6.07) is 0. The number of nitrogens with zero attached hydrogens (tertiary/aromatic N) is 1. The Labute approximate surface area is 87.1 Å². The Morgan fingerprint density at radius 3 is 2.57 bits per heavy atom. The van der Waals surface area contributed by atoms with Gasteiger partial charge in [-0.15, -0.1) is 4.73 Å². The smallest absolute Gasteiger partial charge is 0.333 e. The maximum Gasteiger partial charge on any atom is 0.341 e. The first kappa shape index (κ1) is 11.2. The first-order valence-electron chi connectivity index (χ1n) is 3.17. The molecule has 78 valence electrons. The van der Waals surface area contributed by atoms with Gasteiger partial charge in [-0.25, -0.2) is 13.2 Å². The van der Waals surface area contributed by atoms with E-state index in [1.807, 2.05) is 0 Å². The molecule has 9 heteroatoms. The topological polar surface area (TPSA) is 82.4 Å². The molecule has 1 heterocycles. The maximum atomic E-state index is 11.0. The summed E-state index contributed by atoms with van der Waals surface area (Å²) >= 11 is 0.374. The van der Waals surface area contributed by atoms with E-state index in [0.29, 0.717) is 16.1 Å². The van der Waals surface area contributed by atoms with E-state index in [-0.39, 0.29) is 4.21 Å². The predicted molar refractivity (Wildman–Crippen MR) is 48.9 cm³/mol. The molecule has 0 amide bonds. The van der Waals surface area contributed by atoms with Crippen molar-refractivity contribution in [2.45, 2.75) is 11.1 Å². The van der Waals surface area contributed by atoms with Crippen LogP contribution in [0.2, 0.25) is 0 Å². The summed E-state index contributed by atoms with van der Waals surface area (Å²) in [5.74, 6) is -0.733. The highest BCUT2D eigenvalue weighted by atomic mass is 35.7. The number of aromatic nitrogens is 1. The van der Waals surface area contributed by atoms with Crippen LogP contribution in [-0.4, -0.2) is 19.1 Å². The third-order valence-corrected chi connectivity index (χ3v) is 3.99. The summed E-state index contributed by atoms with van der Waals surface area (Å²) < 4.78 is 21.7. The van der Waals surface area contributed by atoms with E-state index in [9.17, 15) is 18.0 Å². The van der Waals surface area contributed by atoms with Crippen LogP contribution >= 0.6 is 22.0 Å². The molecule has 0 atom stereocenters. The summed E-state index contributed by atoms with van der Waals surface area (Å²) in [6.45, 7) is 1.08. The van der Waals surface area contributed by atoms with Gasteiger partial charge in [0.05, 0.1) is 6.20 Å². The monoisotopic (exact) mass is 257 g/mol. The van der Waals surface area contributed by atoms with Gasteiger partial charge in [-0.2, -0.15) is 0 Å². The lowest BCUT2D eigenvalue weighted by Gasteiger charge is -1.96. The van der Waals surface area contributed by atoms with Gasteiger partial charge < -0.3 is 4.84 Å². The quantitative estimate of drug-likeness (QED) is 0.686. The van der Waals surface area contributed by atoms with Crippen molar-refractivity contribution in [3.8, 4) is 0 Å². The Bertz CT molecular complexity index is 512. The number of carbonyl (C=O) groups excluding carboxylic acids is 1. The molecule has 0 unspecified atom stereocenters. The highest BCUT2D eigenvalue weighted by Gasteiger charge is 2.17. The maximum absolute atomic E-state index is 11.0. The van der Waals surface area contributed by atoms with Crippen molar-refractivity contribution in [3.63, 3.8) is 0 Å². The average Bonchev–Trinajstić information content (AvgIpc) is 2.30. The highest BCUT2D eigenvalue weighted by molar-refractivity contribution is 8.15. The zero-order valence-electron chi connectivity index (χ0n) is 6.76. The molecule has 0 aromatic carbocycles. The second-order valence-corrected chi connectivity index (χ2v) is 5.95. The molecule has 0 bridgehead atoms. The third-order valence-electron chi connectivity index (χ3n) is 1.06. The van der Waals surface area contributed by atoms with Gasteiger partial charge in [0.15, 0.2) is 4.21 Å². The summed E-state index contributed by atoms with van der Waals surface area (Å²) in [4.78, 5) is 25.1. The largest absolute Gasteiger partial charge is 0.341 e. The molecule has 0 fully saturated rings. The summed E-state index contributed by atoms with van der Waals surface area (Å²) in [5, 5.41) is 0. The van der Waals surface area contributed by atoms with E-state index in [0.717, 1.165) is 13.1 Å². The minimum Gasteiger partial charge on any atom is -0.333 e. The van der Waals surface area contributed by atoms with Crippen LogP contribution in [0.3, 0.4) is 0 Å². The number of thiazole rings is 1. The molecule has 0 saturated heterocycles. The van der Waals surface area contributed by atoms with Crippen molar-refractivity contribution < 1.29 is 18.0 Å². The molecule has 0 radical (unpaired) electrons. The fourth-order valence-corrected chi connectivity index (χ4v) is 2.36. The summed E-state index contributed by atoms with van der Waals surface area (Å²) in [5.41, 5.74) is 0. The lowest BCUT2D eigenvalue weighted by molar-refractivity contribution is -0.141. The molecule has 14 heavy (non-hydrogen) atoms. The zero-order valence-corrected chi connectivity index (χ0v) is 9.15. The van der Waals surface area contributed by atoms with Crippen molar-refractivity contribution in [2.24, 2.45) is 0 Å². The fourth-order valence-electron chi connectivity index (χ4n) is 0.621. The lowest BCUT2D eigenvalue weighted by Crippen LogP contribution is -2.24. The molecule has 0 aliphatic heterocycles. The standard InChI is InChI=1S/C5H4ClNO5S2/c1-3(8)12-7-2-4(13-5(7)9)14(6,10)11/h2H,1H3. The Morgan fingerprint density at radius 2 is 2.21 bits per heavy atom. The van der Waals surface area contributed by atoms with Gasteiger partial charge in [-0.3, -0.25) is 4.79 Å². The van der Waals surface area contributed by atoms with Crippen molar-refractivity contribution in [1.82, 2.24) is 4.73 Å². The molecule has 0 spiro atoms. The number of hydrogen-bond donors (Lipinski definition) is 0. The molecular weight excluding hydrogens is 254 g/mol. The van der Waals surface area contributed by atoms with Gasteiger partial charge in [0.2, 0.25) is 0 Å². The van der Waals surface area contributed by atoms with Crippen LogP contribution < -0.4 is 9.71 Å². The molecule has 1 rings (SSSR count). The number of carbonyl (C=O) groups is 1. The first-order chi connectivity index (χ1) is 6.30. The van der Waals surface area contributed by atoms with Gasteiger partial charge >= 0.3 is 10.8 Å². The Balaban J connectivity index is 3.19. The third kappa shape index (κ3) is 2.56. The lowest BCUT2D eigenvalue weighted by atomic mass is 10.8. The minimum absolute atomic E-state index is 0.370. The van der Waals surface area contributed by atoms with E-state index >= 15 is 0 Å².